The molecule has 6 nitrogen and oxygen atoms in total. The summed E-state index contributed by atoms with van der Waals surface area (Å²) in [4.78, 5) is 12.1. The first kappa shape index (κ1) is 17.6. The van der Waals surface area contributed by atoms with Crippen LogP contribution in [0, 0.1) is 0 Å². The van der Waals surface area contributed by atoms with E-state index in [1.165, 1.54) is 0 Å². The fraction of sp³-hybridized carbons (Fsp3) is 0.333. The molecule has 1 aliphatic heterocycles. The lowest BCUT2D eigenvalue weighted by Gasteiger charge is -2.13. The van der Waals surface area contributed by atoms with Crippen LogP contribution in [0.5, 0.6) is 5.75 Å². The maximum Gasteiger partial charge on any atom is 0.272 e. The molecule has 124 valence electrons. The van der Waals surface area contributed by atoms with E-state index in [9.17, 15) is 4.79 Å². The van der Waals surface area contributed by atoms with Gasteiger partial charge >= 0.3 is 0 Å². The van der Waals surface area contributed by atoms with E-state index in [0.29, 0.717) is 36.2 Å². The molecule has 1 aromatic heterocycles. The first-order valence-electron chi connectivity index (χ1n) is 7.17. The third kappa shape index (κ3) is 4.37. The van der Waals surface area contributed by atoms with E-state index in [4.69, 9.17) is 16.3 Å². The van der Waals surface area contributed by atoms with Gasteiger partial charge in [-0.2, -0.15) is 5.10 Å². The van der Waals surface area contributed by atoms with Gasteiger partial charge in [-0.05, 0) is 18.2 Å². The number of carbonyl (C=O) groups excluding carboxylic acids is 1. The lowest BCUT2D eigenvalue weighted by Crippen LogP contribution is -2.31. The molecule has 0 radical (unpaired) electrons. The van der Waals surface area contributed by atoms with Crippen molar-refractivity contribution >= 4 is 29.9 Å². The summed E-state index contributed by atoms with van der Waals surface area (Å²) >= 11 is 5.88. The summed E-state index contributed by atoms with van der Waals surface area (Å²) in [5, 5.41) is 13.7. The summed E-state index contributed by atoms with van der Waals surface area (Å²) in [7, 11) is 0. The number of ether oxygens (including phenoxy) is 1. The Morgan fingerprint density at radius 3 is 3.13 bits per heavy atom. The fourth-order valence-electron chi connectivity index (χ4n) is 2.39. The first-order chi connectivity index (χ1) is 10.7. The number of hydrogen-bond acceptors (Lipinski definition) is 4. The molecule has 0 bridgehead atoms. The number of aromatic amines is 1. The summed E-state index contributed by atoms with van der Waals surface area (Å²) in [6.07, 6.45) is 0.869. The number of hydrogen-bond donors (Lipinski definition) is 3. The van der Waals surface area contributed by atoms with E-state index in [-0.39, 0.29) is 18.3 Å². The number of rotatable bonds is 5. The number of nitrogens with zero attached hydrogens (tertiary/aromatic N) is 1. The van der Waals surface area contributed by atoms with E-state index in [1.807, 2.05) is 12.1 Å². The highest BCUT2D eigenvalue weighted by atomic mass is 35.5. The quantitative estimate of drug-likeness (QED) is 0.715. The molecule has 2 aromatic rings. The molecular formula is C15H18Cl2N4O2. The smallest absolute Gasteiger partial charge is 0.272 e. The van der Waals surface area contributed by atoms with Crippen LogP contribution in [0.25, 0.3) is 0 Å². The molecule has 0 spiro atoms. The third-order valence-corrected chi connectivity index (χ3v) is 3.71. The van der Waals surface area contributed by atoms with Crippen molar-refractivity contribution in [1.29, 1.82) is 0 Å². The molecule has 1 aliphatic rings. The predicted octanol–water partition coefficient (Wildman–Crippen LogP) is 1.94. The molecule has 23 heavy (non-hydrogen) atoms. The van der Waals surface area contributed by atoms with Crippen LogP contribution in [0.1, 0.15) is 21.7 Å². The molecule has 0 aliphatic carbocycles. The highest BCUT2D eigenvalue weighted by molar-refractivity contribution is 6.30. The van der Waals surface area contributed by atoms with Gasteiger partial charge in [0.05, 0.1) is 6.54 Å². The number of aromatic nitrogens is 2. The summed E-state index contributed by atoms with van der Waals surface area (Å²) < 4.78 is 5.53. The zero-order valence-corrected chi connectivity index (χ0v) is 14.0. The van der Waals surface area contributed by atoms with Gasteiger partial charge in [-0.1, -0.05) is 17.7 Å². The number of amides is 1. The number of benzene rings is 1. The normalized spacial score (nSPS) is 12.9. The van der Waals surface area contributed by atoms with Crippen molar-refractivity contribution in [2.45, 2.75) is 13.0 Å². The molecule has 0 atom stereocenters. The maximum absolute atomic E-state index is 12.1. The Morgan fingerprint density at radius 1 is 1.43 bits per heavy atom. The highest BCUT2D eigenvalue weighted by Gasteiger charge is 2.21. The molecule has 8 heteroatoms. The highest BCUT2D eigenvalue weighted by Crippen LogP contribution is 2.17. The van der Waals surface area contributed by atoms with Gasteiger partial charge in [0.15, 0.2) is 5.69 Å². The predicted molar refractivity (Wildman–Crippen MR) is 90.5 cm³/mol. The van der Waals surface area contributed by atoms with E-state index in [1.54, 1.807) is 12.1 Å². The zero-order valence-electron chi connectivity index (χ0n) is 12.4. The van der Waals surface area contributed by atoms with E-state index in [0.717, 1.165) is 24.2 Å². The maximum atomic E-state index is 12.1. The van der Waals surface area contributed by atoms with E-state index in [2.05, 4.69) is 20.8 Å². The van der Waals surface area contributed by atoms with Crippen molar-refractivity contribution in [2.75, 3.05) is 19.7 Å². The number of H-pyrrole nitrogens is 1. The van der Waals surface area contributed by atoms with Crippen LogP contribution in [0.3, 0.4) is 0 Å². The third-order valence-electron chi connectivity index (χ3n) is 3.47. The average Bonchev–Trinajstić information content (AvgIpc) is 2.95. The second kappa shape index (κ2) is 8.19. The molecule has 3 N–H and O–H groups in total. The van der Waals surface area contributed by atoms with Crippen LogP contribution in [0.4, 0.5) is 0 Å². The van der Waals surface area contributed by atoms with Gasteiger partial charge in [0, 0.05) is 35.8 Å². The van der Waals surface area contributed by atoms with Crippen LogP contribution >= 0.6 is 24.0 Å². The van der Waals surface area contributed by atoms with Gasteiger partial charge in [0.1, 0.15) is 12.4 Å². The molecule has 1 aromatic carbocycles. The van der Waals surface area contributed by atoms with Crippen molar-refractivity contribution < 1.29 is 9.53 Å². The van der Waals surface area contributed by atoms with Crippen LogP contribution in [0.2, 0.25) is 5.02 Å². The largest absolute Gasteiger partial charge is 0.492 e. The minimum Gasteiger partial charge on any atom is -0.492 e. The molecule has 0 saturated carbocycles. The van der Waals surface area contributed by atoms with Crippen LogP contribution in [-0.4, -0.2) is 35.8 Å². The summed E-state index contributed by atoms with van der Waals surface area (Å²) in [6.45, 7) is 2.36. The Hall–Kier alpha value is -1.76. The Labute approximate surface area is 145 Å². The van der Waals surface area contributed by atoms with Gasteiger partial charge < -0.3 is 15.4 Å². The monoisotopic (exact) mass is 356 g/mol. The molecule has 0 saturated heterocycles. The Balaban J connectivity index is 0.00000192. The van der Waals surface area contributed by atoms with Crippen molar-refractivity contribution in [2.24, 2.45) is 0 Å². The minimum atomic E-state index is -0.184. The minimum absolute atomic E-state index is 0. The lowest BCUT2D eigenvalue weighted by atomic mass is 10.1. The van der Waals surface area contributed by atoms with Gasteiger partial charge in [0.2, 0.25) is 0 Å². The molecule has 2 heterocycles. The molecular weight excluding hydrogens is 339 g/mol. The summed E-state index contributed by atoms with van der Waals surface area (Å²) in [6, 6.07) is 7.16. The Morgan fingerprint density at radius 2 is 2.30 bits per heavy atom. The van der Waals surface area contributed by atoms with Gasteiger partial charge in [-0.15, -0.1) is 12.4 Å². The zero-order chi connectivity index (χ0) is 15.4. The number of nitrogens with one attached hydrogen (secondary N) is 3. The van der Waals surface area contributed by atoms with Crippen molar-refractivity contribution in [1.82, 2.24) is 20.8 Å². The van der Waals surface area contributed by atoms with E-state index < -0.39 is 0 Å². The summed E-state index contributed by atoms with van der Waals surface area (Å²) in [5.74, 6) is 0.499. The molecule has 0 unspecified atom stereocenters. The fourth-order valence-corrected chi connectivity index (χ4v) is 2.57. The van der Waals surface area contributed by atoms with Gasteiger partial charge in [0.25, 0.3) is 5.91 Å². The molecule has 0 fully saturated rings. The van der Waals surface area contributed by atoms with E-state index >= 15 is 0 Å². The molecule has 1 amide bonds. The van der Waals surface area contributed by atoms with Crippen molar-refractivity contribution in [3.05, 3.63) is 46.2 Å². The van der Waals surface area contributed by atoms with Crippen LogP contribution in [-0.2, 0) is 13.0 Å². The number of halogens is 2. The first-order valence-corrected chi connectivity index (χ1v) is 7.55. The SMILES string of the molecule is Cl.O=C(NCCOc1cccc(Cl)c1)c1n[nH]c2c1CNCC2. The Bertz CT molecular complexity index is 675. The number of carbonyl (C=O) groups is 1. The standard InChI is InChI=1S/C15H17ClN4O2.ClH/c16-10-2-1-3-11(8-10)22-7-6-18-15(21)14-12-9-17-5-4-13(12)19-20-14;/h1-3,8,17H,4-7,9H2,(H,18,21)(H,19,20);1H. The van der Waals surface area contributed by atoms with Crippen molar-refractivity contribution in [3.8, 4) is 5.75 Å². The molecule has 3 rings (SSSR count). The Kier molecular flexibility index (Phi) is 6.27. The van der Waals surface area contributed by atoms with Crippen molar-refractivity contribution in [3.63, 3.8) is 0 Å². The second-order valence-electron chi connectivity index (χ2n) is 5.02. The number of fused-ring (bicyclic) bond motifs is 1. The van der Waals surface area contributed by atoms with Crippen LogP contribution in [0.15, 0.2) is 24.3 Å². The summed E-state index contributed by atoms with van der Waals surface area (Å²) in [5.41, 5.74) is 2.46. The lowest BCUT2D eigenvalue weighted by molar-refractivity contribution is 0.0941. The topological polar surface area (TPSA) is 79.0 Å². The van der Waals surface area contributed by atoms with Gasteiger partial charge in [-0.3, -0.25) is 9.89 Å². The van der Waals surface area contributed by atoms with Gasteiger partial charge in [-0.25, -0.2) is 0 Å². The second-order valence-corrected chi connectivity index (χ2v) is 5.45. The average molecular weight is 357 g/mol. The van der Waals surface area contributed by atoms with Crippen LogP contribution < -0.4 is 15.4 Å².